The smallest absolute Gasteiger partial charge is 0.304 e. The molecular weight excluding hydrogens is 242 g/mol. The molecule has 1 heterocycles. The van der Waals surface area contributed by atoms with Crippen LogP contribution in [0.25, 0.3) is 0 Å². The van der Waals surface area contributed by atoms with Crippen molar-refractivity contribution in [2.75, 3.05) is 12.0 Å². The summed E-state index contributed by atoms with van der Waals surface area (Å²) in [5, 5.41) is 0. The number of ether oxygens (including phenoxy) is 1. The largest absolute Gasteiger partial charge is 0.496 e. The zero-order valence-electron chi connectivity index (χ0n) is 10.3. The Labute approximate surface area is 110 Å². The Morgan fingerprint density at radius 1 is 0.947 bits per heavy atom. The van der Waals surface area contributed by atoms with Gasteiger partial charge in [0, 0.05) is 5.69 Å². The predicted molar refractivity (Wildman–Crippen MR) is 70.9 cm³/mol. The minimum atomic E-state index is -0.550. The summed E-state index contributed by atoms with van der Waals surface area (Å²) in [5.41, 5.74) is 1.58. The van der Waals surface area contributed by atoms with Gasteiger partial charge >= 0.3 is 5.91 Å². The van der Waals surface area contributed by atoms with E-state index < -0.39 is 11.7 Å². The SMILES string of the molecule is COc1cccc2c1C(=O)C(=O)N2c1ccccc1. The molecule has 0 aromatic heterocycles. The van der Waals surface area contributed by atoms with Crippen LogP contribution in [-0.2, 0) is 4.79 Å². The van der Waals surface area contributed by atoms with Gasteiger partial charge in [0.25, 0.3) is 5.78 Å². The third-order valence-corrected chi connectivity index (χ3v) is 3.10. The van der Waals surface area contributed by atoms with E-state index >= 15 is 0 Å². The van der Waals surface area contributed by atoms with Crippen molar-refractivity contribution in [3.63, 3.8) is 0 Å². The van der Waals surface area contributed by atoms with Crippen LogP contribution in [0.2, 0.25) is 0 Å². The van der Waals surface area contributed by atoms with Crippen molar-refractivity contribution >= 4 is 23.1 Å². The minimum absolute atomic E-state index is 0.332. The van der Waals surface area contributed by atoms with Gasteiger partial charge in [-0.15, -0.1) is 0 Å². The number of fused-ring (bicyclic) bond motifs is 1. The van der Waals surface area contributed by atoms with Crippen LogP contribution in [0.3, 0.4) is 0 Å². The van der Waals surface area contributed by atoms with Gasteiger partial charge < -0.3 is 4.74 Å². The molecule has 0 aliphatic carbocycles. The van der Waals surface area contributed by atoms with Gasteiger partial charge in [0.1, 0.15) is 5.75 Å². The van der Waals surface area contributed by atoms with E-state index in [4.69, 9.17) is 4.74 Å². The van der Waals surface area contributed by atoms with E-state index in [1.54, 1.807) is 30.3 Å². The Kier molecular flexibility index (Phi) is 2.56. The third-order valence-electron chi connectivity index (χ3n) is 3.10. The Morgan fingerprint density at radius 3 is 2.37 bits per heavy atom. The topological polar surface area (TPSA) is 46.6 Å². The van der Waals surface area contributed by atoms with Gasteiger partial charge in [0.05, 0.1) is 18.4 Å². The van der Waals surface area contributed by atoms with E-state index in [0.717, 1.165) is 0 Å². The van der Waals surface area contributed by atoms with Gasteiger partial charge in [0.15, 0.2) is 0 Å². The fourth-order valence-corrected chi connectivity index (χ4v) is 2.26. The molecule has 0 fully saturated rings. The second-order valence-corrected chi connectivity index (χ2v) is 4.16. The van der Waals surface area contributed by atoms with Gasteiger partial charge in [-0.2, -0.15) is 0 Å². The first-order valence-electron chi connectivity index (χ1n) is 5.85. The summed E-state index contributed by atoms with van der Waals surface area (Å²) >= 11 is 0. The highest BCUT2D eigenvalue weighted by molar-refractivity contribution is 6.54. The first-order chi connectivity index (χ1) is 9.24. The Hall–Kier alpha value is -2.62. The summed E-state index contributed by atoms with van der Waals surface area (Å²) in [6.45, 7) is 0. The van der Waals surface area contributed by atoms with Gasteiger partial charge in [-0.25, -0.2) is 0 Å². The molecule has 19 heavy (non-hydrogen) atoms. The van der Waals surface area contributed by atoms with E-state index in [1.165, 1.54) is 12.0 Å². The fourth-order valence-electron chi connectivity index (χ4n) is 2.26. The lowest BCUT2D eigenvalue weighted by Gasteiger charge is -2.16. The zero-order chi connectivity index (χ0) is 13.4. The number of nitrogens with zero attached hydrogens (tertiary/aromatic N) is 1. The number of rotatable bonds is 2. The van der Waals surface area contributed by atoms with Crippen molar-refractivity contribution in [2.45, 2.75) is 0 Å². The number of hydrogen-bond donors (Lipinski definition) is 0. The fraction of sp³-hybridized carbons (Fsp3) is 0.0667. The molecule has 0 saturated carbocycles. The second kappa shape index (κ2) is 4.24. The maximum Gasteiger partial charge on any atom is 0.304 e. The van der Waals surface area contributed by atoms with Crippen molar-refractivity contribution in [3.05, 3.63) is 54.1 Å². The van der Waals surface area contributed by atoms with Crippen molar-refractivity contribution < 1.29 is 14.3 Å². The van der Waals surface area contributed by atoms with Crippen molar-refractivity contribution in [1.29, 1.82) is 0 Å². The number of ketones is 1. The number of anilines is 2. The molecular formula is C15H11NO3. The first kappa shape index (κ1) is 11.5. The highest BCUT2D eigenvalue weighted by Gasteiger charge is 2.39. The molecule has 4 heteroatoms. The number of benzene rings is 2. The van der Waals surface area contributed by atoms with Crippen molar-refractivity contribution in [1.82, 2.24) is 0 Å². The summed E-state index contributed by atoms with van der Waals surface area (Å²) < 4.78 is 5.16. The lowest BCUT2D eigenvalue weighted by Crippen LogP contribution is -2.24. The molecule has 2 aromatic rings. The molecule has 0 radical (unpaired) electrons. The molecule has 1 amide bonds. The predicted octanol–water partition coefficient (Wildman–Crippen LogP) is 2.56. The van der Waals surface area contributed by atoms with Crippen LogP contribution in [0.4, 0.5) is 11.4 Å². The second-order valence-electron chi connectivity index (χ2n) is 4.16. The molecule has 1 aliphatic rings. The van der Waals surface area contributed by atoms with Gasteiger partial charge in [-0.05, 0) is 24.3 Å². The van der Waals surface area contributed by atoms with Crippen LogP contribution < -0.4 is 9.64 Å². The maximum atomic E-state index is 12.2. The van der Waals surface area contributed by atoms with Crippen LogP contribution >= 0.6 is 0 Å². The monoisotopic (exact) mass is 253 g/mol. The van der Waals surface area contributed by atoms with Crippen LogP contribution in [0.15, 0.2) is 48.5 Å². The minimum Gasteiger partial charge on any atom is -0.496 e. The van der Waals surface area contributed by atoms with Crippen molar-refractivity contribution in [3.8, 4) is 5.75 Å². The number of carbonyl (C=O) groups is 2. The summed E-state index contributed by atoms with van der Waals surface area (Å²) in [7, 11) is 1.48. The summed E-state index contributed by atoms with van der Waals surface area (Å²) in [6.07, 6.45) is 0. The zero-order valence-corrected chi connectivity index (χ0v) is 10.3. The van der Waals surface area contributed by atoms with Crippen molar-refractivity contribution in [2.24, 2.45) is 0 Å². The molecule has 2 aromatic carbocycles. The van der Waals surface area contributed by atoms with Gasteiger partial charge in [-0.1, -0.05) is 24.3 Å². The molecule has 0 saturated heterocycles. The molecule has 94 valence electrons. The number of carbonyl (C=O) groups excluding carboxylic acids is 2. The molecule has 3 rings (SSSR count). The van der Waals surface area contributed by atoms with Crippen LogP contribution in [-0.4, -0.2) is 18.8 Å². The molecule has 0 unspecified atom stereocenters. The highest BCUT2D eigenvalue weighted by Crippen LogP contribution is 2.39. The molecule has 1 aliphatic heterocycles. The third kappa shape index (κ3) is 1.61. The number of Topliss-reactive ketones (excluding diaryl/α,β-unsaturated/α-hetero) is 1. The number of methoxy groups -OCH3 is 1. The van der Waals surface area contributed by atoms with E-state index in [1.807, 2.05) is 18.2 Å². The molecule has 0 atom stereocenters. The molecule has 4 nitrogen and oxygen atoms in total. The molecule has 0 bridgehead atoms. The number of amides is 1. The van der Waals surface area contributed by atoms with E-state index in [-0.39, 0.29) is 0 Å². The van der Waals surface area contributed by atoms with E-state index in [2.05, 4.69) is 0 Å². The lowest BCUT2D eigenvalue weighted by atomic mass is 10.1. The quantitative estimate of drug-likeness (QED) is 0.773. The van der Waals surface area contributed by atoms with Gasteiger partial charge in [-0.3, -0.25) is 14.5 Å². The normalized spacial score (nSPS) is 13.6. The average Bonchev–Trinajstić information content (AvgIpc) is 2.72. The summed E-state index contributed by atoms with van der Waals surface area (Å²) in [5.74, 6) is -0.656. The summed E-state index contributed by atoms with van der Waals surface area (Å²) in [4.78, 5) is 25.7. The van der Waals surface area contributed by atoms with Crippen LogP contribution in [0.5, 0.6) is 5.75 Å². The van der Waals surface area contributed by atoms with Crippen LogP contribution in [0, 0.1) is 0 Å². The standard InChI is InChI=1S/C15H11NO3/c1-19-12-9-5-8-11-13(12)14(17)15(18)16(11)10-6-3-2-4-7-10/h2-9H,1H3. The van der Waals surface area contributed by atoms with E-state index in [9.17, 15) is 9.59 Å². The maximum absolute atomic E-state index is 12.2. The average molecular weight is 253 g/mol. The Balaban J connectivity index is 2.22. The molecule has 0 N–H and O–H groups in total. The highest BCUT2D eigenvalue weighted by atomic mass is 16.5. The van der Waals surface area contributed by atoms with Crippen LogP contribution in [0.1, 0.15) is 10.4 Å². The Morgan fingerprint density at radius 2 is 1.68 bits per heavy atom. The van der Waals surface area contributed by atoms with E-state index in [0.29, 0.717) is 22.7 Å². The summed E-state index contributed by atoms with van der Waals surface area (Å²) in [6, 6.07) is 14.3. The van der Waals surface area contributed by atoms with Gasteiger partial charge in [0.2, 0.25) is 0 Å². The Bertz CT molecular complexity index is 664. The molecule has 0 spiro atoms. The first-order valence-corrected chi connectivity index (χ1v) is 5.85. The number of para-hydroxylation sites is 1. The number of hydrogen-bond acceptors (Lipinski definition) is 3. The lowest BCUT2D eigenvalue weighted by molar-refractivity contribution is -0.113.